The predicted molar refractivity (Wildman–Crippen MR) is 97.2 cm³/mol. The number of hydrogen-bond acceptors (Lipinski definition) is 6. The van der Waals surface area contributed by atoms with Crippen molar-refractivity contribution in [3.05, 3.63) is 47.8 Å². The highest BCUT2D eigenvalue weighted by molar-refractivity contribution is 8.00. The normalized spacial score (nSPS) is 12.1. The summed E-state index contributed by atoms with van der Waals surface area (Å²) in [5.74, 6) is 6.37. The van der Waals surface area contributed by atoms with Crippen LogP contribution in [0.1, 0.15) is 18.3 Å². The van der Waals surface area contributed by atoms with Crippen LogP contribution in [0.2, 0.25) is 0 Å². The summed E-state index contributed by atoms with van der Waals surface area (Å²) in [6.07, 6.45) is 0. The van der Waals surface area contributed by atoms with Gasteiger partial charge in [0.05, 0.1) is 10.9 Å². The minimum absolute atomic E-state index is 0.133. The lowest BCUT2D eigenvalue weighted by atomic mass is 10.3. The third-order valence-corrected chi connectivity index (χ3v) is 4.60. The average molecular weight is 357 g/mol. The fraction of sp³-hybridized carbons (Fsp3) is 0.250. The Morgan fingerprint density at radius 1 is 1.24 bits per heavy atom. The summed E-state index contributed by atoms with van der Waals surface area (Å²) >= 11 is 1.24. The molecule has 2 aromatic heterocycles. The highest BCUT2D eigenvalue weighted by Gasteiger charge is 2.21. The molecule has 0 unspecified atom stereocenters. The predicted octanol–water partition coefficient (Wildman–Crippen LogP) is 1.91. The highest BCUT2D eigenvalue weighted by atomic mass is 32.2. The average Bonchev–Trinajstić information content (AvgIpc) is 3.10. The Labute approximate surface area is 149 Å². The molecular weight excluding hydrogens is 338 g/mol. The number of carbonyl (C=O) groups excluding carboxylic acids is 1. The van der Waals surface area contributed by atoms with Gasteiger partial charge in [-0.05, 0) is 39.0 Å². The van der Waals surface area contributed by atoms with Gasteiger partial charge in [0.1, 0.15) is 0 Å². The zero-order valence-corrected chi connectivity index (χ0v) is 15.0. The first-order chi connectivity index (χ1) is 12.0. The summed E-state index contributed by atoms with van der Waals surface area (Å²) in [5, 5.41) is 15.4. The van der Waals surface area contributed by atoms with Gasteiger partial charge in [-0.2, -0.15) is 5.10 Å². The third-order valence-electron chi connectivity index (χ3n) is 3.54. The van der Waals surface area contributed by atoms with E-state index in [1.54, 1.807) is 11.6 Å². The summed E-state index contributed by atoms with van der Waals surface area (Å²) in [4.78, 5) is 12.3. The number of nitrogens with two attached hydrogens (primary N) is 1. The molecule has 3 N–H and O–H groups in total. The van der Waals surface area contributed by atoms with E-state index in [4.69, 9.17) is 5.84 Å². The van der Waals surface area contributed by atoms with Gasteiger partial charge in [0.15, 0.2) is 0 Å². The zero-order chi connectivity index (χ0) is 18.0. The molecule has 0 spiro atoms. The van der Waals surface area contributed by atoms with Gasteiger partial charge in [0.2, 0.25) is 11.1 Å². The van der Waals surface area contributed by atoms with E-state index in [1.165, 1.54) is 16.4 Å². The Morgan fingerprint density at radius 3 is 2.60 bits per heavy atom. The van der Waals surface area contributed by atoms with Crippen LogP contribution in [0.5, 0.6) is 0 Å². The first kappa shape index (κ1) is 17.0. The maximum absolute atomic E-state index is 12.3. The first-order valence-electron chi connectivity index (χ1n) is 7.72. The smallest absolute Gasteiger partial charge is 0.271 e. The van der Waals surface area contributed by atoms with Crippen LogP contribution >= 0.6 is 11.8 Å². The number of nitrogens with one attached hydrogen (secondary N) is 1. The molecular formula is C16H19N7OS. The summed E-state index contributed by atoms with van der Waals surface area (Å²) in [6, 6.07) is 11.2. The number of rotatable bonds is 5. The maximum Gasteiger partial charge on any atom is 0.271 e. The summed E-state index contributed by atoms with van der Waals surface area (Å²) in [5.41, 5.74) is 2.52. The number of nitrogens with zero attached hydrogens (tertiary/aromatic N) is 5. The molecule has 3 aromatic rings. The number of anilines is 1. The summed E-state index contributed by atoms with van der Waals surface area (Å²) in [7, 11) is 0. The first-order valence-corrected chi connectivity index (χ1v) is 8.60. The van der Waals surface area contributed by atoms with Crippen LogP contribution < -0.4 is 11.2 Å². The Hall–Kier alpha value is -2.81. The van der Waals surface area contributed by atoms with Gasteiger partial charge < -0.3 is 11.2 Å². The van der Waals surface area contributed by atoms with Crippen LogP contribution in [-0.4, -0.2) is 35.8 Å². The number of benzene rings is 1. The number of carbonyl (C=O) groups is 1. The second-order valence-electron chi connectivity index (χ2n) is 5.61. The second-order valence-corrected chi connectivity index (χ2v) is 6.91. The summed E-state index contributed by atoms with van der Waals surface area (Å²) < 4.78 is 2.97. The highest BCUT2D eigenvalue weighted by Crippen LogP contribution is 2.23. The molecule has 3 rings (SSSR count). The molecule has 0 bridgehead atoms. The molecule has 0 fully saturated rings. The SMILES string of the molecule is Cc1cc(C)n(-c2nnc(S[C@@H](C)C(=O)Nc3ccccc3)n2N)n1. The van der Waals surface area contributed by atoms with Crippen LogP contribution in [0.25, 0.3) is 5.95 Å². The van der Waals surface area contributed by atoms with E-state index in [-0.39, 0.29) is 11.2 Å². The lowest BCUT2D eigenvalue weighted by molar-refractivity contribution is -0.115. The van der Waals surface area contributed by atoms with Crippen molar-refractivity contribution in [3.63, 3.8) is 0 Å². The van der Waals surface area contributed by atoms with Crippen molar-refractivity contribution < 1.29 is 4.79 Å². The molecule has 1 aromatic carbocycles. The third kappa shape index (κ3) is 3.66. The molecule has 9 heteroatoms. The number of aromatic nitrogens is 5. The molecule has 0 saturated heterocycles. The largest absolute Gasteiger partial charge is 0.334 e. The van der Waals surface area contributed by atoms with Crippen molar-refractivity contribution >= 4 is 23.4 Å². The van der Waals surface area contributed by atoms with E-state index in [0.29, 0.717) is 11.1 Å². The monoisotopic (exact) mass is 357 g/mol. The van der Waals surface area contributed by atoms with Crippen LogP contribution in [0.3, 0.4) is 0 Å². The Kier molecular flexibility index (Phi) is 4.75. The lowest BCUT2D eigenvalue weighted by Crippen LogP contribution is -2.24. The number of amides is 1. The van der Waals surface area contributed by atoms with E-state index in [9.17, 15) is 4.79 Å². The molecule has 0 aliphatic heterocycles. The van der Waals surface area contributed by atoms with Crippen molar-refractivity contribution in [1.29, 1.82) is 0 Å². The van der Waals surface area contributed by atoms with Crippen molar-refractivity contribution in [2.45, 2.75) is 31.2 Å². The van der Waals surface area contributed by atoms with E-state index in [0.717, 1.165) is 17.1 Å². The zero-order valence-electron chi connectivity index (χ0n) is 14.2. The van der Waals surface area contributed by atoms with Crippen LogP contribution in [0.15, 0.2) is 41.6 Å². The molecule has 8 nitrogen and oxygen atoms in total. The van der Waals surface area contributed by atoms with Crippen LogP contribution in [-0.2, 0) is 4.79 Å². The molecule has 1 atom stereocenters. The van der Waals surface area contributed by atoms with E-state index >= 15 is 0 Å². The van der Waals surface area contributed by atoms with Gasteiger partial charge >= 0.3 is 0 Å². The molecule has 0 aliphatic rings. The van der Waals surface area contributed by atoms with Gasteiger partial charge in [0.25, 0.3) is 5.95 Å². The molecule has 25 heavy (non-hydrogen) atoms. The molecule has 0 aliphatic carbocycles. The van der Waals surface area contributed by atoms with Crippen LogP contribution in [0.4, 0.5) is 5.69 Å². The molecule has 1 amide bonds. The van der Waals surface area contributed by atoms with Gasteiger partial charge in [0, 0.05) is 11.4 Å². The van der Waals surface area contributed by atoms with Gasteiger partial charge in [-0.25, -0.2) is 9.36 Å². The van der Waals surface area contributed by atoms with E-state index in [1.807, 2.05) is 50.2 Å². The topological polar surface area (TPSA) is 104 Å². The molecule has 2 heterocycles. The lowest BCUT2D eigenvalue weighted by Gasteiger charge is -2.11. The fourth-order valence-electron chi connectivity index (χ4n) is 2.30. The maximum atomic E-state index is 12.3. The van der Waals surface area contributed by atoms with Crippen molar-refractivity contribution in [2.75, 3.05) is 11.2 Å². The quantitative estimate of drug-likeness (QED) is 0.534. The van der Waals surface area contributed by atoms with Gasteiger partial charge in [-0.15, -0.1) is 10.2 Å². The Morgan fingerprint density at radius 2 is 1.96 bits per heavy atom. The fourth-order valence-corrected chi connectivity index (χ4v) is 3.07. The number of thioether (sulfide) groups is 1. The number of aryl methyl sites for hydroxylation is 2. The van der Waals surface area contributed by atoms with Gasteiger partial charge in [-0.1, -0.05) is 30.0 Å². The van der Waals surface area contributed by atoms with Gasteiger partial charge in [-0.3, -0.25) is 4.79 Å². The van der Waals surface area contributed by atoms with Crippen molar-refractivity contribution in [1.82, 2.24) is 24.7 Å². The summed E-state index contributed by atoms with van der Waals surface area (Å²) in [6.45, 7) is 5.60. The standard InChI is InChI=1S/C16H19N7OS/c1-10-9-11(2)23(21-10)15-19-20-16(22(15)17)25-12(3)14(24)18-13-7-5-4-6-8-13/h4-9,12H,17H2,1-3H3,(H,18,24)/t12-/m0/s1. The number of hydrogen-bond donors (Lipinski definition) is 2. The molecule has 0 radical (unpaired) electrons. The number of nitrogen functional groups attached to an aromatic ring is 1. The minimum Gasteiger partial charge on any atom is -0.334 e. The van der Waals surface area contributed by atoms with Crippen molar-refractivity contribution in [2.24, 2.45) is 0 Å². The second kappa shape index (κ2) is 6.98. The Balaban J connectivity index is 1.73. The Bertz CT molecular complexity index is 887. The van der Waals surface area contributed by atoms with Crippen LogP contribution in [0, 0.1) is 13.8 Å². The minimum atomic E-state index is -0.389. The number of para-hydroxylation sites is 1. The molecule has 130 valence electrons. The van der Waals surface area contributed by atoms with E-state index < -0.39 is 0 Å². The van der Waals surface area contributed by atoms with Crippen molar-refractivity contribution in [3.8, 4) is 5.95 Å². The molecule has 0 saturated carbocycles. The van der Waals surface area contributed by atoms with E-state index in [2.05, 4.69) is 20.6 Å².